The van der Waals surface area contributed by atoms with Crippen molar-refractivity contribution in [2.45, 2.75) is 19.1 Å². The van der Waals surface area contributed by atoms with Gasteiger partial charge in [-0.1, -0.05) is 11.8 Å². The first-order valence-corrected chi connectivity index (χ1v) is 8.43. The number of nitrogens with one attached hydrogen (secondary N) is 1. The number of Topliss-reactive ketones (excluding diaryl/α,β-unsaturated/α-hetero) is 1. The van der Waals surface area contributed by atoms with E-state index in [1.165, 1.54) is 6.92 Å². The van der Waals surface area contributed by atoms with Gasteiger partial charge in [-0.3, -0.25) is 9.59 Å². The molecule has 8 heteroatoms. The van der Waals surface area contributed by atoms with Gasteiger partial charge in [-0.15, -0.1) is 10.2 Å². The Bertz CT molecular complexity index is 899. The first kappa shape index (κ1) is 17.0. The lowest BCUT2D eigenvalue weighted by molar-refractivity contribution is -0.113. The standard InChI is InChI=1S/C17H15N3O4S/c1-10(21)12-3-5-13(6-4-12)18-15(22)9-25-17-20-19-16(24-17)14-7-8-23-11(14)2/h3-8H,9H2,1-2H3,(H,18,22). The highest BCUT2D eigenvalue weighted by atomic mass is 32.2. The fourth-order valence-electron chi connectivity index (χ4n) is 2.10. The molecule has 3 rings (SSSR count). The summed E-state index contributed by atoms with van der Waals surface area (Å²) in [6, 6.07) is 8.46. The molecule has 1 N–H and O–H groups in total. The lowest BCUT2D eigenvalue weighted by Crippen LogP contribution is -2.14. The molecule has 0 atom stereocenters. The summed E-state index contributed by atoms with van der Waals surface area (Å²) in [5.74, 6) is 0.940. The van der Waals surface area contributed by atoms with E-state index in [1.54, 1.807) is 43.5 Å². The van der Waals surface area contributed by atoms with Gasteiger partial charge < -0.3 is 14.2 Å². The predicted octanol–water partition coefficient (Wildman–Crippen LogP) is 3.57. The van der Waals surface area contributed by atoms with Gasteiger partial charge in [0.05, 0.1) is 17.6 Å². The number of rotatable bonds is 6. The van der Waals surface area contributed by atoms with E-state index >= 15 is 0 Å². The van der Waals surface area contributed by atoms with E-state index in [-0.39, 0.29) is 17.4 Å². The van der Waals surface area contributed by atoms with Gasteiger partial charge in [0.2, 0.25) is 5.91 Å². The van der Waals surface area contributed by atoms with Crippen LogP contribution in [0.15, 0.2) is 50.7 Å². The number of amides is 1. The van der Waals surface area contributed by atoms with Gasteiger partial charge in [0.15, 0.2) is 5.78 Å². The molecule has 0 fully saturated rings. The van der Waals surface area contributed by atoms with Crippen molar-refractivity contribution < 1.29 is 18.4 Å². The second kappa shape index (κ2) is 7.35. The minimum Gasteiger partial charge on any atom is -0.469 e. The summed E-state index contributed by atoms with van der Waals surface area (Å²) in [7, 11) is 0. The summed E-state index contributed by atoms with van der Waals surface area (Å²) in [5.41, 5.74) is 1.95. The first-order valence-electron chi connectivity index (χ1n) is 7.44. The molecule has 0 spiro atoms. The number of hydrogen-bond acceptors (Lipinski definition) is 7. The van der Waals surface area contributed by atoms with Crippen LogP contribution in [0.3, 0.4) is 0 Å². The van der Waals surface area contributed by atoms with Crippen LogP contribution in [0, 0.1) is 6.92 Å². The maximum absolute atomic E-state index is 12.0. The van der Waals surface area contributed by atoms with Crippen LogP contribution >= 0.6 is 11.8 Å². The smallest absolute Gasteiger partial charge is 0.277 e. The van der Waals surface area contributed by atoms with Crippen LogP contribution in [-0.4, -0.2) is 27.6 Å². The summed E-state index contributed by atoms with van der Waals surface area (Å²) in [4.78, 5) is 23.2. The van der Waals surface area contributed by atoms with Gasteiger partial charge >= 0.3 is 0 Å². The van der Waals surface area contributed by atoms with Crippen LogP contribution in [0.4, 0.5) is 5.69 Å². The number of nitrogens with zero attached hydrogens (tertiary/aromatic N) is 2. The molecule has 1 aromatic carbocycles. The summed E-state index contributed by atoms with van der Waals surface area (Å²) in [5, 5.41) is 10.9. The molecule has 0 radical (unpaired) electrons. The van der Waals surface area contributed by atoms with E-state index in [1.807, 2.05) is 0 Å². The molecule has 0 aliphatic heterocycles. The Morgan fingerprint density at radius 3 is 2.56 bits per heavy atom. The van der Waals surface area contributed by atoms with Gasteiger partial charge in [-0.05, 0) is 44.2 Å². The zero-order chi connectivity index (χ0) is 17.8. The number of thioether (sulfide) groups is 1. The molecule has 1 amide bonds. The average Bonchev–Trinajstić information content (AvgIpc) is 3.22. The summed E-state index contributed by atoms with van der Waals surface area (Å²) >= 11 is 1.14. The van der Waals surface area contributed by atoms with Crippen molar-refractivity contribution >= 4 is 29.1 Å². The number of benzene rings is 1. The average molecular weight is 357 g/mol. The van der Waals surface area contributed by atoms with Crippen LogP contribution in [0.1, 0.15) is 23.0 Å². The van der Waals surface area contributed by atoms with Crippen molar-refractivity contribution in [2.75, 3.05) is 11.1 Å². The zero-order valence-corrected chi connectivity index (χ0v) is 14.4. The Labute approximate surface area is 147 Å². The monoisotopic (exact) mass is 357 g/mol. The Morgan fingerprint density at radius 2 is 1.92 bits per heavy atom. The van der Waals surface area contributed by atoms with Gasteiger partial charge in [0.25, 0.3) is 11.1 Å². The van der Waals surface area contributed by atoms with E-state index in [4.69, 9.17) is 8.83 Å². The highest BCUT2D eigenvalue weighted by Gasteiger charge is 2.14. The van der Waals surface area contributed by atoms with E-state index in [0.717, 1.165) is 17.3 Å². The van der Waals surface area contributed by atoms with Gasteiger partial charge in [0, 0.05) is 11.3 Å². The SMILES string of the molecule is CC(=O)c1ccc(NC(=O)CSc2nnc(-c3ccoc3C)o2)cc1. The van der Waals surface area contributed by atoms with Crippen molar-refractivity contribution in [3.05, 3.63) is 47.9 Å². The van der Waals surface area contributed by atoms with Crippen molar-refractivity contribution in [1.29, 1.82) is 0 Å². The maximum atomic E-state index is 12.0. The molecule has 0 aliphatic rings. The number of anilines is 1. The fraction of sp³-hybridized carbons (Fsp3) is 0.176. The molecule has 2 aromatic heterocycles. The molecular formula is C17H15N3O4S. The molecule has 0 aliphatic carbocycles. The highest BCUT2D eigenvalue weighted by molar-refractivity contribution is 7.99. The quantitative estimate of drug-likeness (QED) is 0.532. The first-order chi connectivity index (χ1) is 12.0. The molecule has 3 aromatic rings. The maximum Gasteiger partial charge on any atom is 0.277 e. The van der Waals surface area contributed by atoms with E-state index < -0.39 is 0 Å². The van der Waals surface area contributed by atoms with Gasteiger partial charge in [-0.2, -0.15) is 0 Å². The van der Waals surface area contributed by atoms with Crippen LogP contribution in [0.25, 0.3) is 11.5 Å². The van der Waals surface area contributed by atoms with E-state index in [0.29, 0.717) is 28.1 Å². The van der Waals surface area contributed by atoms with E-state index in [2.05, 4.69) is 15.5 Å². The molecule has 0 saturated carbocycles. The number of hydrogen-bond donors (Lipinski definition) is 1. The molecule has 25 heavy (non-hydrogen) atoms. The topological polar surface area (TPSA) is 98.2 Å². The van der Waals surface area contributed by atoms with Crippen LogP contribution in [0.5, 0.6) is 0 Å². The Hall–Kier alpha value is -2.87. The van der Waals surface area contributed by atoms with Gasteiger partial charge in [-0.25, -0.2) is 0 Å². The predicted molar refractivity (Wildman–Crippen MR) is 92.5 cm³/mol. The second-order valence-electron chi connectivity index (χ2n) is 5.23. The summed E-state index contributed by atoms with van der Waals surface area (Å²) in [6.07, 6.45) is 1.55. The second-order valence-corrected chi connectivity index (χ2v) is 6.16. The molecule has 7 nitrogen and oxygen atoms in total. The van der Waals surface area contributed by atoms with Gasteiger partial charge in [0.1, 0.15) is 5.76 Å². The molecular weight excluding hydrogens is 342 g/mol. The molecule has 2 heterocycles. The normalized spacial score (nSPS) is 10.6. The van der Waals surface area contributed by atoms with Crippen molar-refractivity contribution in [2.24, 2.45) is 0 Å². The Morgan fingerprint density at radius 1 is 1.16 bits per heavy atom. The van der Waals surface area contributed by atoms with Crippen molar-refractivity contribution in [1.82, 2.24) is 10.2 Å². The van der Waals surface area contributed by atoms with Crippen LogP contribution in [-0.2, 0) is 4.79 Å². The third-order valence-corrected chi connectivity index (χ3v) is 4.22. The third-order valence-electron chi connectivity index (χ3n) is 3.40. The zero-order valence-electron chi connectivity index (χ0n) is 13.6. The number of furan rings is 1. The number of aryl methyl sites for hydroxylation is 1. The summed E-state index contributed by atoms with van der Waals surface area (Å²) < 4.78 is 10.7. The fourth-order valence-corrected chi connectivity index (χ4v) is 2.66. The van der Waals surface area contributed by atoms with Crippen LogP contribution < -0.4 is 5.32 Å². The lowest BCUT2D eigenvalue weighted by atomic mass is 10.1. The Balaban J connectivity index is 1.55. The van der Waals surface area contributed by atoms with Crippen LogP contribution in [0.2, 0.25) is 0 Å². The van der Waals surface area contributed by atoms with Crippen molar-refractivity contribution in [3.63, 3.8) is 0 Å². The number of ketones is 1. The number of carbonyl (C=O) groups excluding carboxylic acids is 2. The largest absolute Gasteiger partial charge is 0.469 e. The number of carbonyl (C=O) groups is 2. The van der Waals surface area contributed by atoms with E-state index in [9.17, 15) is 9.59 Å². The summed E-state index contributed by atoms with van der Waals surface area (Å²) in [6.45, 7) is 3.30. The van der Waals surface area contributed by atoms with Crippen molar-refractivity contribution in [3.8, 4) is 11.5 Å². The molecule has 0 bridgehead atoms. The minimum atomic E-state index is -0.209. The molecule has 128 valence electrons. The Kier molecular flexibility index (Phi) is 4.99. The highest BCUT2D eigenvalue weighted by Crippen LogP contribution is 2.26. The third kappa shape index (κ3) is 4.16. The number of aromatic nitrogens is 2. The molecule has 0 unspecified atom stereocenters. The lowest BCUT2D eigenvalue weighted by Gasteiger charge is -2.04. The minimum absolute atomic E-state index is 0.0199. The molecule has 0 saturated heterocycles.